The van der Waals surface area contributed by atoms with Crippen LogP contribution in [0.4, 0.5) is 0 Å². The van der Waals surface area contributed by atoms with E-state index >= 15 is 0 Å². The van der Waals surface area contributed by atoms with Gasteiger partial charge in [0, 0.05) is 6.42 Å². The number of hydrogen-bond acceptors (Lipinski definition) is 2. The van der Waals surface area contributed by atoms with E-state index in [0.29, 0.717) is 11.8 Å². The number of benzene rings is 2. The molecular formula is C17H16N2O. The minimum absolute atomic E-state index is 0.00162. The molecule has 0 saturated heterocycles. The second kappa shape index (κ2) is 4.93. The molecule has 3 rings (SSSR count). The number of para-hydroxylation sites is 1. The lowest BCUT2D eigenvalue weighted by Crippen LogP contribution is -2.23. The van der Waals surface area contributed by atoms with Crippen LogP contribution in [0.5, 0.6) is 0 Å². The van der Waals surface area contributed by atoms with Crippen LogP contribution in [0.15, 0.2) is 53.3 Å². The first-order chi connectivity index (χ1) is 9.70. The second-order valence-electron chi connectivity index (χ2n) is 4.88. The van der Waals surface area contributed by atoms with Crippen LogP contribution in [0.1, 0.15) is 18.3 Å². The monoisotopic (exact) mass is 264 g/mol. The van der Waals surface area contributed by atoms with Gasteiger partial charge in [-0.2, -0.15) is 0 Å². The van der Waals surface area contributed by atoms with Gasteiger partial charge in [0.2, 0.25) is 0 Å². The number of nitrogens with zero attached hydrogens (tertiary/aromatic N) is 2. The zero-order chi connectivity index (χ0) is 14.1. The molecule has 0 aliphatic rings. The summed E-state index contributed by atoms with van der Waals surface area (Å²) < 4.78 is 1.71. The van der Waals surface area contributed by atoms with Crippen molar-refractivity contribution in [2.24, 2.45) is 0 Å². The van der Waals surface area contributed by atoms with Crippen molar-refractivity contribution in [1.82, 2.24) is 9.55 Å². The van der Waals surface area contributed by atoms with Crippen LogP contribution < -0.4 is 5.56 Å². The molecule has 0 N–H and O–H groups in total. The number of rotatable bonds is 2. The Morgan fingerprint density at radius 1 is 1.10 bits per heavy atom. The number of hydrogen-bond donors (Lipinski definition) is 0. The van der Waals surface area contributed by atoms with Crippen molar-refractivity contribution in [2.75, 3.05) is 0 Å². The van der Waals surface area contributed by atoms with Gasteiger partial charge in [-0.05, 0) is 31.2 Å². The fourth-order valence-electron chi connectivity index (χ4n) is 2.43. The quantitative estimate of drug-likeness (QED) is 0.712. The van der Waals surface area contributed by atoms with Gasteiger partial charge >= 0.3 is 0 Å². The average molecular weight is 264 g/mol. The molecule has 3 aromatic rings. The Hall–Kier alpha value is -2.42. The Morgan fingerprint density at radius 3 is 2.55 bits per heavy atom. The van der Waals surface area contributed by atoms with Crippen molar-refractivity contribution in [1.29, 1.82) is 0 Å². The van der Waals surface area contributed by atoms with Gasteiger partial charge in [0.25, 0.3) is 5.56 Å². The van der Waals surface area contributed by atoms with E-state index in [1.54, 1.807) is 4.57 Å². The van der Waals surface area contributed by atoms with Crippen LogP contribution in [0.3, 0.4) is 0 Å². The molecule has 0 aliphatic heterocycles. The summed E-state index contributed by atoms with van der Waals surface area (Å²) in [5, 5.41) is 0.672. The van der Waals surface area contributed by atoms with E-state index in [2.05, 4.69) is 4.98 Å². The minimum Gasteiger partial charge on any atom is -0.268 e. The molecule has 3 nitrogen and oxygen atoms in total. The first-order valence-electron chi connectivity index (χ1n) is 6.78. The lowest BCUT2D eigenvalue weighted by atomic mass is 10.1. The third-order valence-electron chi connectivity index (χ3n) is 3.42. The summed E-state index contributed by atoms with van der Waals surface area (Å²) >= 11 is 0. The minimum atomic E-state index is 0.00162. The molecule has 0 spiro atoms. The third kappa shape index (κ3) is 2.01. The van der Waals surface area contributed by atoms with E-state index in [1.807, 2.05) is 62.4 Å². The summed E-state index contributed by atoms with van der Waals surface area (Å²) in [5.74, 6) is 0.789. The van der Waals surface area contributed by atoms with E-state index in [0.717, 1.165) is 22.6 Å². The van der Waals surface area contributed by atoms with Gasteiger partial charge in [0.15, 0.2) is 0 Å². The normalized spacial score (nSPS) is 10.9. The van der Waals surface area contributed by atoms with Gasteiger partial charge in [-0.1, -0.05) is 36.8 Å². The lowest BCUT2D eigenvalue weighted by molar-refractivity contribution is 0.833. The van der Waals surface area contributed by atoms with Crippen molar-refractivity contribution in [3.63, 3.8) is 0 Å². The Morgan fingerprint density at radius 2 is 1.85 bits per heavy atom. The SMILES string of the molecule is CCc1nc2ccc(C)cc2c(=O)n1-c1ccccc1. The second-order valence-corrected chi connectivity index (χ2v) is 4.88. The highest BCUT2D eigenvalue weighted by atomic mass is 16.1. The van der Waals surface area contributed by atoms with Crippen molar-refractivity contribution in [3.05, 3.63) is 70.3 Å². The summed E-state index contributed by atoms with van der Waals surface area (Å²) in [4.78, 5) is 17.4. The molecule has 0 bridgehead atoms. The molecular weight excluding hydrogens is 248 g/mol. The predicted molar refractivity (Wildman–Crippen MR) is 81.5 cm³/mol. The number of aromatic nitrogens is 2. The average Bonchev–Trinajstić information content (AvgIpc) is 2.48. The first kappa shape index (κ1) is 12.6. The fraction of sp³-hybridized carbons (Fsp3) is 0.176. The van der Waals surface area contributed by atoms with E-state index in [1.165, 1.54) is 0 Å². The topological polar surface area (TPSA) is 34.9 Å². The Labute approximate surface area is 117 Å². The molecule has 1 heterocycles. The van der Waals surface area contributed by atoms with Crippen LogP contribution in [-0.4, -0.2) is 9.55 Å². The highest BCUT2D eigenvalue weighted by Crippen LogP contribution is 2.14. The fourth-order valence-corrected chi connectivity index (χ4v) is 2.43. The molecule has 0 radical (unpaired) electrons. The zero-order valence-corrected chi connectivity index (χ0v) is 11.6. The van der Waals surface area contributed by atoms with Gasteiger partial charge < -0.3 is 0 Å². The first-order valence-corrected chi connectivity index (χ1v) is 6.78. The number of fused-ring (bicyclic) bond motifs is 1. The van der Waals surface area contributed by atoms with Crippen LogP contribution >= 0.6 is 0 Å². The van der Waals surface area contributed by atoms with Gasteiger partial charge in [-0.15, -0.1) is 0 Å². The molecule has 20 heavy (non-hydrogen) atoms. The highest BCUT2D eigenvalue weighted by molar-refractivity contribution is 5.78. The predicted octanol–water partition coefficient (Wildman–Crippen LogP) is 3.26. The maximum atomic E-state index is 12.8. The maximum Gasteiger partial charge on any atom is 0.265 e. The molecule has 1 aromatic heterocycles. The molecule has 0 aliphatic carbocycles. The van der Waals surface area contributed by atoms with Crippen molar-refractivity contribution in [3.8, 4) is 5.69 Å². The summed E-state index contributed by atoms with van der Waals surface area (Å²) in [6, 6.07) is 15.5. The molecule has 0 unspecified atom stereocenters. The van der Waals surface area contributed by atoms with Crippen LogP contribution in [0, 0.1) is 6.92 Å². The van der Waals surface area contributed by atoms with Crippen molar-refractivity contribution in [2.45, 2.75) is 20.3 Å². The van der Waals surface area contributed by atoms with Gasteiger partial charge in [0.1, 0.15) is 5.82 Å². The van der Waals surface area contributed by atoms with Crippen molar-refractivity contribution >= 4 is 10.9 Å². The molecule has 0 fully saturated rings. The van der Waals surface area contributed by atoms with Crippen LogP contribution in [0.2, 0.25) is 0 Å². The molecule has 0 amide bonds. The Bertz CT molecular complexity index is 820. The Kier molecular flexibility index (Phi) is 3.11. The van der Waals surface area contributed by atoms with Crippen LogP contribution in [0.25, 0.3) is 16.6 Å². The molecule has 3 heteroatoms. The summed E-state index contributed by atoms with van der Waals surface area (Å²) in [5.41, 5.74) is 2.71. The van der Waals surface area contributed by atoms with Crippen molar-refractivity contribution < 1.29 is 0 Å². The van der Waals surface area contributed by atoms with Gasteiger partial charge in [0.05, 0.1) is 16.6 Å². The molecule has 100 valence electrons. The van der Waals surface area contributed by atoms with E-state index in [4.69, 9.17) is 0 Å². The number of aryl methyl sites for hydroxylation is 2. The lowest BCUT2D eigenvalue weighted by Gasteiger charge is -2.12. The molecule has 0 atom stereocenters. The molecule has 2 aromatic carbocycles. The highest BCUT2D eigenvalue weighted by Gasteiger charge is 2.11. The third-order valence-corrected chi connectivity index (χ3v) is 3.42. The summed E-state index contributed by atoms with van der Waals surface area (Å²) in [6.45, 7) is 4.00. The maximum absolute atomic E-state index is 12.8. The Balaban J connectivity index is 2.41. The smallest absolute Gasteiger partial charge is 0.265 e. The van der Waals surface area contributed by atoms with Crippen LogP contribution in [-0.2, 0) is 6.42 Å². The zero-order valence-electron chi connectivity index (χ0n) is 11.6. The van der Waals surface area contributed by atoms with Gasteiger partial charge in [-0.3, -0.25) is 9.36 Å². The van der Waals surface area contributed by atoms with Gasteiger partial charge in [-0.25, -0.2) is 4.98 Å². The molecule has 0 saturated carbocycles. The standard InChI is InChI=1S/C17H16N2O/c1-3-16-18-15-10-9-12(2)11-14(15)17(20)19(16)13-7-5-4-6-8-13/h4-11H,3H2,1-2H3. The summed E-state index contributed by atoms with van der Waals surface area (Å²) in [7, 11) is 0. The van der Waals surface area contributed by atoms with E-state index < -0.39 is 0 Å². The summed E-state index contributed by atoms with van der Waals surface area (Å²) in [6.07, 6.45) is 0.716. The van der Waals surface area contributed by atoms with E-state index in [9.17, 15) is 4.79 Å². The largest absolute Gasteiger partial charge is 0.268 e. The van der Waals surface area contributed by atoms with E-state index in [-0.39, 0.29) is 5.56 Å².